The lowest BCUT2D eigenvalue weighted by molar-refractivity contribution is -0.137. The molecule has 0 aromatic heterocycles. The van der Waals surface area contributed by atoms with Crippen LogP contribution in [0, 0.1) is 6.58 Å². The number of aryl methyl sites for hydroxylation is 1. The summed E-state index contributed by atoms with van der Waals surface area (Å²) in [4.78, 5) is 0. The minimum atomic E-state index is -4.25. The first-order valence-electron chi connectivity index (χ1n) is 4.73. The zero-order valence-electron chi connectivity index (χ0n) is 8.22. The highest BCUT2D eigenvalue weighted by Crippen LogP contribution is 2.29. The normalized spacial score (nSPS) is 11.4. The highest BCUT2D eigenvalue weighted by molar-refractivity contribution is 5.24. The average molecular weight is 213 g/mol. The fraction of sp³-hybridized carbons (Fsp3) is 0.333. The zero-order chi connectivity index (χ0) is 11.3. The van der Waals surface area contributed by atoms with E-state index in [1.807, 2.05) is 0 Å². The molecule has 0 fully saturated rings. The topological polar surface area (TPSA) is 0 Å². The molecular formula is C12H12F3. The maximum absolute atomic E-state index is 12.2. The van der Waals surface area contributed by atoms with Gasteiger partial charge in [-0.25, -0.2) is 0 Å². The van der Waals surface area contributed by atoms with Crippen molar-refractivity contribution < 1.29 is 13.2 Å². The molecule has 1 aromatic rings. The predicted molar refractivity (Wildman–Crippen MR) is 53.3 cm³/mol. The van der Waals surface area contributed by atoms with Crippen LogP contribution in [0.4, 0.5) is 13.2 Å². The highest BCUT2D eigenvalue weighted by atomic mass is 19.4. The van der Waals surface area contributed by atoms with Crippen molar-refractivity contribution in [3.05, 3.63) is 48.0 Å². The highest BCUT2D eigenvalue weighted by Gasteiger charge is 2.29. The minimum absolute atomic E-state index is 0.600. The number of hydrogen-bond acceptors (Lipinski definition) is 0. The number of unbranched alkanes of at least 4 members (excludes halogenated alkanes) is 1. The van der Waals surface area contributed by atoms with E-state index in [2.05, 4.69) is 0 Å². The van der Waals surface area contributed by atoms with Crippen molar-refractivity contribution in [1.29, 1.82) is 0 Å². The van der Waals surface area contributed by atoms with Gasteiger partial charge in [0.2, 0.25) is 0 Å². The van der Waals surface area contributed by atoms with Crippen LogP contribution >= 0.6 is 0 Å². The quantitative estimate of drug-likeness (QED) is 0.663. The second kappa shape index (κ2) is 5.01. The molecule has 0 amide bonds. The molecule has 1 rings (SSSR count). The van der Waals surface area contributed by atoms with Crippen molar-refractivity contribution in [2.45, 2.75) is 25.4 Å². The van der Waals surface area contributed by atoms with Gasteiger partial charge >= 0.3 is 6.18 Å². The van der Waals surface area contributed by atoms with Crippen molar-refractivity contribution in [2.75, 3.05) is 0 Å². The van der Waals surface area contributed by atoms with Crippen molar-refractivity contribution in [3.63, 3.8) is 0 Å². The summed E-state index contributed by atoms with van der Waals surface area (Å²) in [5.41, 5.74) is 0.307. The Morgan fingerprint density at radius 2 is 1.73 bits per heavy atom. The summed E-state index contributed by atoms with van der Waals surface area (Å²) >= 11 is 0. The summed E-state index contributed by atoms with van der Waals surface area (Å²) in [5, 5.41) is 0. The van der Waals surface area contributed by atoms with Gasteiger partial charge in [-0.3, -0.25) is 0 Å². The van der Waals surface area contributed by atoms with Gasteiger partial charge in [-0.1, -0.05) is 24.8 Å². The van der Waals surface area contributed by atoms with Gasteiger partial charge in [0.1, 0.15) is 0 Å². The lowest BCUT2D eigenvalue weighted by Gasteiger charge is -2.07. The van der Waals surface area contributed by atoms with E-state index in [0.29, 0.717) is 0 Å². The SMILES string of the molecule is [CH]=CCCCc1ccc(C(F)(F)F)cc1. The zero-order valence-corrected chi connectivity index (χ0v) is 8.22. The van der Waals surface area contributed by atoms with E-state index in [9.17, 15) is 13.2 Å². The Morgan fingerprint density at radius 3 is 2.20 bits per heavy atom. The number of halogens is 3. The van der Waals surface area contributed by atoms with Gasteiger partial charge in [-0.2, -0.15) is 13.2 Å². The Labute approximate surface area is 87.4 Å². The Bertz CT molecular complexity index is 309. The predicted octanol–water partition coefficient (Wildman–Crippen LogP) is 4.02. The largest absolute Gasteiger partial charge is 0.416 e. The summed E-state index contributed by atoms with van der Waals surface area (Å²) < 4.78 is 36.6. The third kappa shape index (κ3) is 3.78. The minimum Gasteiger partial charge on any atom is -0.166 e. The molecule has 0 aliphatic carbocycles. The number of allylic oxidation sites excluding steroid dienone is 1. The van der Waals surface area contributed by atoms with Crippen LogP contribution in [0.15, 0.2) is 30.3 Å². The van der Waals surface area contributed by atoms with Crippen LogP contribution in [0.1, 0.15) is 24.0 Å². The van der Waals surface area contributed by atoms with E-state index < -0.39 is 11.7 Å². The molecular weight excluding hydrogens is 201 g/mol. The molecule has 1 aromatic carbocycles. The molecule has 0 aliphatic heterocycles. The standard InChI is InChI=1S/C12H12F3/c1-2-3-4-5-10-6-8-11(9-7-10)12(13,14)15/h1-2,6-9H,3-5H2. The fourth-order valence-corrected chi connectivity index (χ4v) is 1.28. The summed E-state index contributed by atoms with van der Waals surface area (Å²) in [5.74, 6) is 0. The van der Waals surface area contributed by atoms with E-state index in [-0.39, 0.29) is 0 Å². The van der Waals surface area contributed by atoms with Gasteiger partial charge in [-0.15, -0.1) is 0 Å². The number of benzene rings is 1. The molecule has 81 valence electrons. The Morgan fingerprint density at radius 1 is 1.13 bits per heavy atom. The maximum Gasteiger partial charge on any atom is 0.416 e. The Kier molecular flexibility index (Phi) is 3.95. The summed E-state index contributed by atoms with van der Waals surface area (Å²) in [6.07, 6.45) is -0.289. The van der Waals surface area contributed by atoms with Crippen LogP contribution in [-0.2, 0) is 12.6 Å². The van der Waals surface area contributed by atoms with Gasteiger partial charge in [0.15, 0.2) is 0 Å². The second-order valence-electron chi connectivity index (χ2n) is 3.32. The first-order valence-corrected chi connectivity index (χ1v) is 4.73. The van der Waals surface area contributed by atoms with E-state index in [4.69, 9.17) is 6.58 Å². The fourth-order valence-electron chi connectivity index (χ4n) is 1.28. The average Bonchev–Trinajstić information content (AvgIpc) is 2.18. The molecule has 3 heteroatoms. The number of alkyl halides is 3. The summed E-state index contributed by atoms with van der Waals surface area (Å²) in [7, 11) is 0. The molecule has 1 radical (unpaired) electrons. The summed E-state index contributed by atoms with van der Waals surface area (Å²) in [6, 6.07) is 5.25. The van der Waals surface area contributed by atoms with Gasteiger partial charge in [-0.05, 0) is 37.0 Å². The van der Waals surface area contributed by atoms with E-state index in [1.54, 1.807) is 6.08 Å². The van der Waals surface area contributed by atoms with Crippen molar-refractivity contribution in [3.8, 4) is 0 Å². The van der Waals surface area contributed by atoms with Gasteiger partial charge in [0.05, 0.1) is 5.56 Å². The van der Waals surface area contributed by atoms with Gasteiger partial charge in [0, 0.05) is 0 Å². The lowest BCUT2D eigenvalue weighted by Crippen LogP contribution is -2.04. The smallest absolute Gasteiger partial charge is 0.166 e. The first-order chi connectivity index (χ1) is 7.04. The molecule has 0 nitrogen and oxygen atoms in total. The Balaban J connectivity index is 2.60. The number of hydrogen-bond donors (Lipinski definition) is 0. The van der Waals surface area contributed by atoms with Crippen molar-refractivity contribution in [2.24, 2.45) is 0 Å². The summed E-state index contributed by atoms with van der Waals surface area (Å²) in [6.45, 7) is 5.20. The molecule has 0 saturated carbocycles. The molecule has 15 heavy (non-hydrogen) atoms. The van der Waals surface area contributed by atoms with Gasteiger partial charge in [0.25, 0.3) is 0 Å². The molecule has 0 saturated heterocycles. The van der Waals surface area contributed by atoms with Crippen LogP contribution in [-0.4, -0.2) is 0 Å². The van der Waals surface area contributed by atoms with E-state index in [1.165, 1.54) is 12.1 Å². The molecule has 0 heterocycles. The van der Waals surface area contributed by atoms with Gasteiger partial charge < -0.3 is 0 Å². The molecule has 0 atom stereocenters. The van der Waals surface area contributed by atoms with E-state index in [0.717, 1.165) is 37.0 Å². The molecule has 0 spiro atoms. The van der Waals surface area contributed by atoms with Crippen LogP contribution in [0.25, 0.3) is 0 Å². The molecule has 0 bridgehead atoms. The molecule has 0 aliphatic rings. The number of rotatable bonds is 4. The Hall–Kier alpha value is -1.25. The third-order valence-electron chi connectivity index (χ3n) is 2.12. The van der Waals surface area contributed by atoms with Crippen LogP contribution < -0.4 is 0 Å². The first kappa shape index (κ1) is 11.8. The monoisotopic (exact) mass is 213 g/mol. The lowest BCUT2D eigenvalue weighted by atomic mass is 10.1. The maximum atomic E-state index is 12.2. The molecule has 0 N–H and O–H groups in total. The van der Waals surface area contributed by atoms with Crippen molar-refractivity contribution >= 4 is 0 Å². The van der Waals surface area contributed by atoms with Crippen LogP contribution in [0.5, 0.6) is 0 Å². The van der Waals surface area contributed by atoms with Crippen molar-refractivity contribution in [1.82, 2.24) is 0 Å². The van der Waals surface area contributed by atoms with Crippen LogP contribution in [0.3, 0.4) is 0 Å². The van der Waals surface area contributed by atoms with E-state index >= 15 is 0 Å². The third-order valence-corrected chi connectivity index (χ3v) is 2.12. The second-order valence-corrected chi connectivity index (χ2v) is 3.32. The molecule has 0 unspecified atom stereocenters. The van der Waals surface area contributed by atoms with Crippen LogP contribution in [0.2, 0.25) is 0 Å².